The molecule has 0 unspecified atom stereocenters. The van der Waals surface area contributed by atoms with E-state index in [0.29, 0.717) is 0 Å². The maximum absolute atomic E-state index is 11.7. The smallest absolute Gasteiger partial charge is 0.410 e. The number of carbonyl (C=O) groups is 1. The summed E-state index contributed by atoms with van der Waals surface area (Å²) in [5, 5.41) is 2.01. The Morgan fingerprint density at radius 2 is 1.88 bits per heavy atom. The van der Waals surface area contributed by atoms with Crippen molar-refractivity contribution in [3.63, 3.8) is 0 Å². The fourth-order valence-corrected chi connectivity index (χ4v) is 0.938. The molecule has 1 aromatic rings. The highest BCUT2D eigenvalue weighted by atomic mass is 19.4. The summed E-state index contributed by atoms with van der Waals surface area (Å²) in [5.74, 6) is 0.284. The van der Waals surface area contributed by atoms with E-state index in [1.165, 1.54) is 12.1 Å². The van der Waals surface area contributed by atoms with Gasteiger partial charge in [-0.1, -0.05) is 18.2 Å². The second kappa shape index (κ2) is 5.39. The average Bonchev–Trinajstić information content (AvgIpc) is 2.17. The summed E-state index contributed by atoms with van der Waals surface area (Å²) in [7, 11) is 0. The number of rotatable bonds is 3. The van der Waals surface area contributed by atoms with Crippen molar-refractivity contribution in [1.29, 1.82) is 0 Å². The Morgan fingerprint density at radius 3 is 2.44 bits per heavy atom. The Hall–Kier alpha value is -1.72. The zero-order chi connectivity index (χ0) is 12.0. The van der Waals surface area contributed by atoms with Crippen LogP contribution in [-0.4, -0.2) is 18.8 Å². The molecule has 0 aliphatic carbocycles. The first kappa shape index (κ1) is 12.4. The normalized spacial score (nSPS) is 10.9. The number of ether oxygens (including phenoxy) is 1. The molecule has 0 spiro atoms. The van der Waals surface area contributed by atoms with Crippen LogP contribution in [-0.2, 0) is 0 Å². The van der Waals surface area contributed by atoms with Crippen molar-refractivity contribution in [2.45, 2.75) is 12.6 Å². The number of benzene rings is 1. The highest BCUT2D eigenvalue weighted by Gasteiger charge is 2.26. The molecule has 0 aliphatic rings. The lowest BCUT2D eigenvalue weighted by atomic mass is 10.3. The molecule has 0 aliphatic heterocycles. The zero-order valence-corrected chi connectivity index (χ0v) is 8.25. The van der Waals surface area contributed by atoms with Gasteiger partial charge in [0.15, 0.2) is 0 Å². The molecule has 0 atom stereocenters. The van der Waals surface area contributed by atoms with E-state index in [0.717, 1.165) is 0 Å². The maximum atomic E-state index is 11.7. The van der Waals surface area contributed by atoms with Gasteiger partial charge in [0.2, 0.25) is 0 Å². The first-order valence-electron chi connectivity index (χ1n) is 4.55. The molecule has 3 nitrogen and oxygen atoms in total. The van der Waals surface area contributed by atoms with E-state index in [1.807, 2.05) is 5.32 Å². The molecule has 1 rings (SSSR count). The highest BCUT2D eigenvalue weighted by molar-refractivity contribution is 5.70. The zero-order valence-electron chi connectivity index (χ0n) is 8.25. The van der Waals surface area contributed by atoms with Crippen molar-refractivity contribution in [2.24, 2.45) is 0 Å². The van der Waals surface area contributed by atoms with Gasteiger partial charge in [-0.25, -0.2) is 4.79 Å². The minimum atomic E-state index is -4.28. The van der Waals surface area contributed by atoms with Gasteiger partial charge in [-0.05, 0) is 12.1 Å². The molecule has 6 heteroatoms. The quantitative estimate of drug-likeness (QED) is 0.871. The Morgan fingerprint density at radius 1 is 1.25 bits per heavy atom. The van der Waals surface area contributed by atoms with Crippen molar-refractivity contribution in [3.05, 3.63) is 30.3 Å². The molecule has 0 aromatic heterocycles. The third-order valence-corrected chi connectivity index (χ3v) is 1.63. The van der Waals surface area contributed by atoms with Gasteiger partial charge < -0.3 is 10.1 Å². The standard InChI is InChI=1S/C10H10F3NO2/c11-10(12,13)6-7-14-9(15)16-8-4-2-1-3-5-8/h1-5H,6-7H2,(H,14,15). The predicted octanol–water partition coefficient (Wildman–Crippen LogP) is 2.73. The molecule has 1 aromatic carbocycles. The van der Waals surface area contributed by atoms with E-state index in [2.05, 4.69) is 0 Å². The summed E-state index contributed by atoms with van der Waals surface area (Å²) in [6.45, 7) is -0.491. The summed E-state index contributed by atoms with van der Waals surface area (Å²) >= 11 is 0. The average molecular weight is 233 g/mol. The summed E-state index contributed by atoms with van der Waals surface area (Å²) in [4.78, 5) is 11.0. The Bertz CT molecular complexity index is 338. The molecule has 0 heterocycles. The van der Waals surface area contributed by atoms with Gasteiger partial charge in [0.1, 0.15) is 5.75 Å². The molecule has 0 bridgehead atoms. The van der Waals surface area contributed by atoms with E-state index in [1.54, 1.807) is 18.2 Å². The van der Waals surface area contributed by atoms with Crippen LogP contribution in [0.3, 0.4) is 0 Å². The SMILES string of the molecule is O=C(NCCC(F)(F)F)Oc1ccccc1. The van der Waals surface area contributed by atoms with Crippen LogP contribution in [0.2, 0.25) is 0 Å². The summed E-state index contributed by atoms with van der Waals surface area (Å²) in [6.07, 6.45) is -6.24. The monoisotopic (exact) mass is 233 g/mol. The molecule has 0 saturated heterocycles. The summed E-state index contributed by atoms with van der Waals surface area (Å²) in [5.41, 5.74) is 0. The van der Waals surface area contributed by atoms with E-state index in [9.17, 15) is 18.0 Å². The summed E-state index contributed by atoms with van der Waals surface area (Å²) in [6, 6.07) is 8.09. The molecule has 16 heavy (non-hydrogen) atoms. The number of carbonyl (C=O) groups excluding carboxylic acids is 1. The van der Waals surface area contributed by atoms with Gasteiger partial charge in [-0.2, -0.15) is 13.2 Å². The summed E-state index contributed by atoms with van der Waals surface area (Å²) < 4.78 is 39.9. The number of hydrogen-bond donors (Lipinski definition) is 1. The maximum Gasteiger partial charge on any atom is 0.412 e. The van der Waals surface area contributed by atoms with E-state index in [-0.39, 0.29) is 5.75 Å². The lowest BCUT2D eigenvalue weighted by molar-refractivity contribution is -0.133. The van der Waals surface area contributed by atoms with Gasteiger partial charge >= 0.3 is 12.3 Å². The van der Waals surface area contributed by atoms with Crippen LogP contribution < -0.4 is 10.1 Å². The molecule has 0 saturated carbocycles. The van der Waals surface area contributed by atoms with Crippen molar-refractivity contribution in [3.8, 4) is 5.75 Å². The fraction of sp³-hybridized carbons (Fsp3) is 0.300. The van der Waals surface area contributed by atoms with Crippen molar-refractivity contribution >= 4 is 6.09 Å². The molecule has 0 radical (unpaired) electrons. The van der Waals surface area contributed by atoms with Crippen LogP contribution in [0.1, 0.15) is 6.42 Å². The molecule has 0 fully saturated rings. The van der Waals surface area contributed by atoms with Crippen LogP contribution in [0, 0.1) is 0 Å². The Kier molecular flexibility index (Phi) is 4.16. The van der Waals surface area contributed by atoms with E-state index < -0.39 is 25.2 Å². The van der Waals surface area contributed by atoms with E-state index in [4.69, 9.17) is 4.74 Å². The number of para-hydroxylation sites is 1. The van der Waals surface area contributed by atoms with Crippen LogP contribution in [0.25, 0.3) is 0 Å². The molecular weight excluding hydrogens is 223 g/mol. The number of halogens is 3. The number of alkyl halides is 3. The van der Waals surface area contributed by atoms with Gasteiger partial charge in [-0.3, -0.25) is 0 Å². The second-order valence-corrected chi connectivity index (χ2v) is 2.99. The number of hydrogen-bond acceptors (Lipinski definition) is 2. The first-order valence-corrected chi connectivity index (χ1v) is 4.55. The van der Waals surface area contributed by atoms with E-state index >= 15 is 0 Å². The molecule has 1 amide bonds. The van der Waals surface area contributed by atoms with Crippen LogP contribution in [0.4, 0.5) is 18.0 Å². The van der Waals surface area contributed by atoms with Gasteiger partial charge in [-0.15, -0.1) is 0 Å². The number of nitrogens with one attached hydrogen (secondary N) is 1. The van der Waals surface area contributed by atoms with Crippen LogP contribution in [0.5, 0.6) is 5.75 Å². The Labute approximate surface area is 90.2 Å². The lowest BCUT2D eigenvalue weighted by Crippen LogP contribution is -2.30. The van der Waals surface area contributed by atoms with Gasteiger partial charge in [0.05, 0.1) is 6.42 Å². The molecular formula is C10H10F3NO2. The predicted molar refractivity (Wildman–Crippen MR) is 51.1 cm³/mol. The third-order valence-electron chi connectivity index (χ3n) is 1.63. The van der Waals surface area contributed by atoms with Crippen LogP contribution >= 0.6 is 0 Å². The van der Waals surface area contributed by atoms with Crippen molar-refractivity contribution < 1.29 is 22.7 Å². The fourth-order valence-electron chi connectivity index (χ4n) is 0.938. The minimum absolute atomic E-state index is 0.284. The minimum Gasteiger partial charge on any atom is -0.410 e. The third kappa shape index (κ3) is 5.23. The van der Waals surface area contributed by atoms with Crippen molar-refractivity contribution in [2.75, 3.05) is 6.54 Å². The lowest BCUT2D eigenvalue weighted by Gasteiger charge is -2.08. The van der Waals surface area contributed by atoms with Gasteiger partial charge in [0.25, 0.3) is 0 Å². The van der Waals surface area contributed by atoms with Gasteiger partial charge in [0, 0.05) is 6.54 Å². The first-order chi connectivity index (χ1) is 7.47. The van der Waals surface area contributed by atoms with Crippen LogP contribution in [0.15, 0.2) is 30.3 Å². The largest absolute Gasteiger partial charge is 0.412 e. The number of amides is 1. The molecule has 88 valence electrons. The molecule has 1 N–H and O–H groups in total. The Balaban J connectivity index is 2.27. The highest BCUT2D eigenvalue weighted by Crippen LogP contribution is 2.18. The topological polar surface area (TPSA) is 38.3 Å². The van der Waals surface area contributed by atoms with Crippen molar-refractivity contribution in [1.82, 2.24) is 5.32 Å². The second-order valence-electron chi connectivity index (χ2n) is 2.99.